The van der Waals surface area contributed by atoms with Crippen LogP contribution < -0.4 is 4.72 Å². The summed E-state index contributed by atoms with van der Waals surface area (Å²) in [5.41, 5.74) is 1.88. The Morgan fingerprint density at radius 2 is 1.65 bits per heavy atom. The molecule has 0 aliphatic rings. The Bertz CT molecular complexity index is 931. The highest BCUT2D eigenvalue weighted by Gasteiger charge is 2.16. The second-order valence-corrected chi connectivity index (χ2v) is 6.73. The zero-order chi connectivity index (χ0) is 16.4. The Hall–Kier alpha value is -2.67. The molecule has 118 valence electrons. The minimum Gasteiger partial charge on any atom is -0.421 e. The lowest BCUT2D eigenvalue weighted by molar-refractivity contribution is 0.533. The van der Waals surface area contributed by atoms with Gasteiger partial charge in [0.2, 0.25) is 11.8 Å². The normalized spacial score (nSPS) is 11.4. The lowest BCUT2D eigenvalue weighted by Crippen LogP contribution is -2.14. The fourth-order valence-electron chi connectivity index (χ4n) is 2.16. The van der Waals surface area contributed by atoms with Crippen molar-refractivity contribution in [1.82, 2.24) is 10.2 Å². The molecule has 0 spiro atoms. The number of hydrogen-bond donors (Lipinski definition) is 1. The van der Waals surface area contributed by atoms with E-state index in [4.69, 9.17) is 4.42 Å². The van der Waals surface area contributed by atoms with Crippen LogP contribution >= 0.6 is 0 Å². The van der Waals surface area contributed by atoms with Crippen LogP contribution in [0.25, 0.3) is 11.5 Å². The SMILES string of the molecule is Cc1nnc(-c2ccc(NS(=O)(=O)c3ccccc3C)cc2)o1. The van der Waals surface area contributed by atoms with Gasteiger partial charge in [0.15, 0.2) is 0 Å². The van der Waals surface area contributed by atoms with Crippen LogP contribution in [-0.2, 0) is 10.0 Å². The molecule has 0 fully saturated rings. The van der Waals surface area contributed by atoms with Crippen molar-refractivity contribution in [3.8, 4) is 11.5 Å². The molecule has 2 aromatic carbocycles. The molecule has 7 heteroatoms. The molecule has 6 nitrogen and oxygen atoms in total. The molecule has 0 amide bonds. The number of hydrogen-bond acceptors (Lipinski definition) is 5. The third-order valence-corrected chi connectivity index (χ3v) is 4.83. The van der Waals surface area contributed by atoms with Gasteiger partial charge in [0.25, 0.3) is 10.0 Å². The van der Waals surface area contributed by atoms with Crippen molar-refractivity contribution >= 4 is 15.7 Å². The van der Waals surface area contributed by atoms with Crippen LogP contribution in [0.1, 0.15) is 11.5 Å². The van der Waals surface area contributed by atoms with Gasteiger partial charge in [-0.3, -0.25) is 4.72 Å². The van der Waals surface area contributed by atoms with Crippen LogP contribution in [0, 0.1) is 13.8 Å². The average Bonchev–Trinajstić information content (AvgIpc) is 2.94. The maximum atomic E-state index is 12.4. The Balaban J connectivity index is 1.85. The van der Waals surface area contributed by atoms with Gasteiger partial charge in [-0.25, -0.2) is 8.42 Å². The molecule has 0 unspecified atom stereocenters. The third kappa shape index (κ3) is 3.24. The summed E-state index contributed by atoms with van der Waals surface area (Å²) in [4.78, 5) is 0.261. The standard InChI is InChI=1S/C16H15N3O3S/c1-11-5-3-4-6-15(11)23(20,21)19-14-9-7-13(8-10-14)16-18-17-12(2)22-16/h3-10,19H,1-2H3. The summed E-state index contributed by atoms with van der Waals surface area (Å²) in [7, 11) is -3.62. The first-order chi connectivity index (χ1) is 11.0. The van der Waals surface area contributed by atoms with Crippen molar-refractivity contribution in [2.24, 2.45) is 0 Å². The second-order valence-electron chi connectivity index (χ2n) is 5.07. The van der Waals surface area contributed by atoms with E-state index in [1.54, 1.807) is 62.4 Å². The summed E-state index contributed by atoms with van der Waals surface area (Å²) >= 11 is 0. The van der Waals surface area contributed by atoms with E-state index in [1.807, 2.05) is 0 Å². The number of aryl methyl sites for hydroxylation is 2. The summed E-state index contributed by atoms with van der Waals surface area (Å²) < 4.78 is 32.8. The molecule has 0 aliphatic carbocycles. The van der Waals surface area contributed by atoms with Crippen molar-refractivity contribution in [3.63, 3.8) is 0 Å². The van der Waals surface area contributed by atoms with E-state index < -0.39 is 10.0 Å². The zero-order valence-corrected chi connectivity index (χ0v) is 13.5. The summed E-state index contributed by atoms with van der Waals surface area (Å²) in [6.07, 6.45) is 0. The largest absolute Gasteiger partial charge is 0.421 e. The van der Waals surface area contributed by atoms with Gasteiger partial charge in [-0.15, -0.1) is 10.2 Å². The van der Waals surface area contributed by atoms with Crippen molar-refractivity contribution in [2.45, 2.75) is 18.7 Å². The Morgan fingerprint density at radius 1 is 0.957 bits per heavy atom. The van der Waals surface area contributed by atoms with Gasteiger partial charge in [0.05, 0.1) is 4.90 Å². The predicted octanol–water partition coefficient (Wildman–Crippen LogP) is 3.15. The molecular formula is C16H15N3O3S. The van der Waals surface area contributed by atoms with Gasteiger partial charge in [-0.1, -0.05) is 18.2 Å². The van der Waals surface area contributed by atoms with E-state index in [0.717, 1.165) is 5.56 Å². The van der Waals surface area contributed by atoms with E-state index in [9.17, 15) is 8.42 Å². The number of nitrogens with zero attached hydrogens (tertiary/aromatic N) is 2. The number of aromatic nitrogens is 2. The van der Waals surface area contributed by atoms with E-state index >= 15 is 0 Å². The van der Waals surface area contributed by atoms with Gasteiger partial charge in [-0.05, 0) is 42.8 Å². The van der Waals surface area contributed by atoms with Crippen molar-refractivity contribution < 1.29 is 12.8 Å². The lowest BCUT2D eigenvalue weighted by atomic mass is 10.2. The molecule has 1 aromatic heterocycles. The molecule has 1 N–H and O–H groups in total. The number of rotatable bonds is 4. The molecule has 3 aromatic rings. The van der Waals surface area contributed by atoms with Crippen LogP contribution in [0.3, 0.4) is 0 Å². The van der Waals surface area contributed by atoms with Crippen LogP contribution in [0.2, 0.25) is 0 Å². The molecule has 0 saturated carbocycles. The number of benzene rings is 2. The van der Waals surface area contributed by atoms with Gasteiger partial charge in [-0.2, -0.15) is 0 Å². The molecule has 0 saturated heterocycles. The first kappa shape index (κ1) is 15.2. The first-order valence-electron chi connectivity index (χ1n) is 6.95. The molecule has 0 bridgehead atoms. The third-order valence-electron chi connectivity index (χ3n) is 3.29. The number of nitrogens with one attached hydrogen (secondary N) is 1. The molecule has 23 heavy (non-hydrogen) atoms. The van der Waals surface area contributed by atoms with E-state index in [0.29, 0.717) is 23.0 Å². The molecule has 0 radical (unpaired) electrons. The van der Waals surface area contributed by atoms with Crippen molar-refractivity contribution in [2.75, 3.05) is 4.72 Å². The predicted molar refractivity (Wildman–Crippen MR) is 86.5 cm³/mol. The molecule has 0 aliphatic heterocycles. The van der Waals surface area contributed by atoms with Crippen LogP contribution in [-0.4, -0.2) is 18.6 Å². The lowest BCUT2D eigenvalue weighted by Gasteiger charge is -2.10. The highest BCUT2D eigenvalue weighted by atomic mass is 32.2. The van der Waals surface area contributed by atoms with Crippen molar-refractivity contribution in [1.29, 1.82) is 0 Å². The number of sulfonamides is 1. The summed E-state index contributed by atoms with van der Waals surface area (Å²) in [6.45, 7) is 3.47. The minimum atomic E-state index is -3.62. The summed E-state index contributed by atoms with van der Waals surface area (Å²) in [6, 6.07) is 13.6. The van der Waals surface area contributed by atoms with Crippen LogP contribution in [0.5, 0.6) is 0 Å². The quantitative estimate of drug-likeness (QED) is 0.794. The van der Waals surface area contributed by atoms with Gasteiger partial charge < -0.3 is 4.42 Å². The first-order valence-corrected chi connectivity index (χ1v) is 8.43. The Kier molecular flexibility index (Phi) is 3.87. The van der Waals surface area contributed by atoms with E-state index in [-0.39, 0.29) is 4.90 Å². The monoisotopic (exact) mass is 329 g/mol. The fourth-order valence-corrected chi connectivity index (χ4v) is 3.47. The fraction of sp³-hybridized carbons (Fsp3) is 0.125. The van der Waals surface area contributed by atoms with Crippen molar-refractivity contribution in [3.05, 3.63) is 60.0 Å². The molecule has 1 heterocycles. The Morgan fingerprint density at radius 3 is 2.26 bits per heavy atom. The average molecular weight is 329 g/mol. The number of anilines is 1. The maximum Gasteiger partial charge on any atom is 0.262 e. The molecular weight excluding hydrogens is 314 g/mol. The second kappa shape index (κ2) is 5.85. The van der Waals surface area contributed by atoms with E-state index in [2.05, 4.69) is 14.9 Å². The minimum absolute atomic E-state index is 0.261. The maximum absolute atomic E-state index is 12.4. The smallest absolute Gasteiger partial charge is 0.262 e. The summed E-state index contributed by atoms with van der Waals surface area (Å²) in [5, 5.41) is 7.69. The summed E-state index contributed by atoms with van der Waals surface area (Å²) in [5.74, 6) is 0.875. The van der Waals surface area contributed by atoms with Gasteiger partial charge >= 0.3 is 0 Å². The van der Waals surface area contributed by atoms with Crippen LogP contribution in [0.4, 0.5) is 5.69 Å². The zero-order valence-electron chi connectivity index (χ0n) is 12.6. The Labute approximate surface area is 134 Å². The molecule has 0 atom stereocenters. The van der Waals surface area contributed by atoms with E-state index in [1.165, 1.54) is 0 Å². The van der Waals surface area contributed by atoms with Crippen LogP contribution in [0.15, 0.2) is 57.8 Å². The topological polar surface area (TPSA) is 85.1 Å². The molecule has 3 rings (SSSR count). The van der Waals surface area contributed by atoms with Gasteiger partial charge in [0, 0.05) is 18.2 Å². The highest BCUT2D eigenvalue weighted by Crippen LogP contribution is 2.23. The highest BCUT2D eigenvalue weighted by molar-refractivity contribution is 7.92. The van der Waals surface area contributed by atoms with Gasteiger partial charge in [0.1, 0.15) is 0 Å².